The SMILES string of the molecule is CCCCCCCCCCCCCCOC(=O)c1ccc(C)cc1C(=O)OCCCCCCCCCCCCCC. The number of ether oxygens (including phenoxy) is 2. The number of hydrogen-bond acceptors (Lipinski definition) is 4. The van der Waals surface area contributed by atoms with Gasteiger partial charge >= 0.3 is 11.9 Å². The van der Waals surface area contributed by atoms with Gasteiger partial charge in [-0.2, -0.15) is 0 Å². The Hall–Kier alpha value is -1.84. The molecule has 4 heteroatoms. The van der Waals surface area contributed by atoms with E-state index in [-0.39, 0.29) is 0 Å². The zero-order chi connectivity index (χ0) is 29.8. The molecule has 0 atom stereocenters. The lowest BCUT2D eigenvalue weighted by Gasteiger charge is -2.11. The number of aryl methyl sites for hydroxylation is 1. The van der Waals surface area contributed by atoms with Crippen molar-refractivity contribution in [2.75, 3.05) is 13.2 Å². The fourth-order valence-electron chi connectivity index (χ4n) is 5.38. The van der Waals surface area contributed by atoms with E-state index in [2.05, 4.69) is 13.8 Å². The molecule has 1 rings (SSSR count). The average molecular weight is 573 g/mol. The van der Waals surface area contributed by atoms with Crippen LogP contribution in [0.15, 0.2) is 18.2 Å². The molecule has 0 aliphatic heterocycles. The number of esters is 2. The lowest BCUT2D eigenvalue weighted by molar-refractivity contribution is 0.0450. The Morgan fingerprint density at radius 1 is 0.463 bits per heavy atom. The van der Waals surface area contributed by atoms with Crippen LogP contribution in [-0.4, -0.2) is 25.2 Å². The number of benzene rings is 1. The highest BCUT2D eigenvalue weighted by Gasteiger charge is 2.19. The van der Waals surface area contributed by atoms with Crippen LogP contribution in [-0.2, 0) is 9.47 Å². The molecular weight excluding hydrogens is 508 g/mol. The predicted molar refractivity (Wildman–Crippen MR) is 174 cm³/mol. The Morgan fingerprint density at radius 2 is 0.780 bits per heavy atom. The van der Waals surface area contributed by atoms with Crippen molar-refractivity contribution in [3.8, 4) is 0 Å². The average Bonchev–Trinajstić information content (AvgIpc) is 2.97. The van der Waals surface area contributed by atoms with Gasteiger partial charge in [0.05, 0.1) is 24.3 Å². The molecule has 0 aromatic heterocycles. The first-order chi connectivity index (χ1) is 20.1. The van der Waals surface area contributed by atoms with Crippen LogP contribution in [0.25, 0.3) is 0 Å². The fraction of sp³-hybridized carbons (Fsp3) is 0.784. The van der Waals surface area contributed by atoms with E-state index in [1.165, 1.54) is 128 Å². The van der Waals surface area contributed by atoms with Gasteiger partial charge in [-0.15, -0.1) is 0 Å². The first-order valence-electron chi connectivity index (χ1n) is 17.5. The molecule has 0 saturated carbocycles. The number of carbonyl (C=O) groups is 2. The minimum Gasteiger partial charge on any atom is -0.462 e. The lowest BCUT2D eigenvalue weighted by Crippen LogP contribution is -2.15. The van der Waals surface area contributed by atoms with Crippen molar-refractivity contribution in [2.45, 2.75) is 175 Å². The highest BCUT2D eigenvalue weighted by molar-refractivity contribution is 6.03. The molecule has 1 aromatic rings. The summed E-state index contributed by atoms with van der Waals surface area (Å²) in [6, 6.07) is 5.29. The molecule has 0 spiro atoms. The van der Waals surface area contributed by atoms with Crippen LogP contribution in [0.1, 0.15) is 194 Å². The molecule has 236 valence electrons. The van der Waals surface area contributed by atoms with Gasteiger partial charge in [0.1, 0.15) is 0 Å². The van der Waals surface area contributed by atoms with Crippen molar-refractivity contribution >= 4 is 11.9 Å². The lowest BCUT2D eigenvalue weighted by atomic mass is 10.0. The standard InChI is InChI=1S/C37H64O4/c1-4-6-8-10-12-14-16-18-20-22-24-26-30-40-36(38)34-29-28-33(3)32-35(34)37(39)41-31-27-25-23-21-19-17-15-13-11-9-7-5-2/h28-29,32H,4-27,30-31H2,1-3H3. The summed E-state index contributed by atoms with van der Waals surface area (Å²) in [5.41, 5.74) is 1.57. The van der Waals surface area contributed by atoms with Crippen LogP contribution >= 0.6 is 0 Å². The number of hydrogen-bond donors (Lipinski definition) is 0. The normalized spacial score (nSPS) is 11.1. The van der Waals surface area contributed by atoms with Gasteiger partial charge in [-0.1, -0.05) is 167 Å². The summed E-state index contributed by atoms with van der Waals surface area (Å²) < 4.78 is 11.1. The van der Waals surface area contributed by atoms with Gasteiger partial charge in [-0.05, 0) is 31.9 Å². The first-order valence-corrected chi connectivity index (χ1v) is 17.5. The monoisotopic (exact) mass is 572 g/mol. The van der Waals surface area contributed by atoms with Crippen LogP contribution < -0.4 is 0 Å². The Labute approximate surface area is 253 Å². The van der Waals surface area contributed by atoms with Crippen molar-refractivity contribution in [2.24, 2.45) is 0 Å². The number of carbonyl (C=O) groups excluding carboxylic acids is 2. The molecule has 0 N–H and O–H groups in total. The molecular formula is C37H64O4. The van der Waals surface area contributed by atoms with Gasteiger partial charge in [0.25, 0.3) is 0 Å². The van der Waals surface area contributed by atoms with Gasteiger partial charge in [-0.25, -0.2) is 9.59 Å². The van der Waals surface area contributed by atoms with Crippen LogP contribution in [0.4, 0.5) is 0 Å². The molecule has 0 amide bonds. The Morgan fingerprint density at radius 3 is 1.15 bits per heavy atom. The number of unbranched alkanes of at least 4 members (excludes halogenated alkanes) is 22. The molecule has 0 saturated heterocycles. The maximum Gasteiger partial charge on any atom is 0.339 e. The van der Waals surface area contributed by atoms with Crippen molar-refractivity contribution < 1.29 is 19.1 Å². The molecule has 0 bridgehead atoms. The van der Waals surface area contributed by atoms with E-state index < -0.39 is 11.9 Å². The summed E-state index contributed by atoms with van der Waals surface area (Å²) in [7, 11) is 0. The van der Waals surface area contributed by atoms with Gasteiger partial charge in [0, 0.05) is 0 Å². The van der Waals surface area contributed by atoms with E-state index in [0.717, 1.165) is 31.2 Å². The minimum atomic E-state index is -0.426. The van der Waals surface area contributed by atoms with Crippen molar-refractivity contribution in [1.82, 2.24) is 0 Å². The van der Waals surface area contributed by atoms with E-state index in [4.69, 9.17) is 9.47 Å². The second-order valence-electron chi connectivity index (χ2n) is 12.1. The Kier molecular flexibility index (Phi) is 24.5. The number of rotatable bonds is 28. The molecule has 0 unspecified atom stereocenters. The second-order valence-corrected chi connectivity index (χ2v) is 12.1. The third-order valence-electron chi connectivity index (χ3n) is 8.08. The van der Waals surface area contributed by atoms with E-state index in [9.17, 15) is 9.59 Å². The van der Waals surface area contributed by atoms with Crippen molar-refractivity contribution in [3.05, 3.63) is 34.9 Å². The minimum absolute atomic E-state index is 0.314. The highest BCUT2D eigenvalue weighted by atomic mass is 16.5. The maximum absolute atomic E-state index is 12.8. The molecule has 0 fully saturated rings. The van der Waals surface area contributed by atoms with E-state index in [0.29, 0.717) is 24.3 Å². The summed E-state index contributed by atoms with van der Waals surface area (Å²) in [5, 5.41) is 0. The summed E-state index contributed by atoms with van der Waals surface area (Å²) >= 11 is 0. The Bertz CT molecular complexity index is 772. The van der Waals surface area contributed by atoms with Gasteiger partial charge in [0.2, 0.25) is 0 Å². The third kappa shape index (κ3) is 20.6. The summed E-state index contributed by atoms with van der Waals surface area (Å²) in [4.78, 5) is 25.5. The third-order valence-corrected chi connectivity index (χ3v) is 8.08. The van der Waals surface area contributed by atoms with Crippen molar-refractivity contribution in [3.63, 3.8) is 0 Å². The maximum atomic E-state index is 12.8. The van der Waals surface area contributed by atoms with Crippen LogP contribution in [0.3, 0.4) is 0 Å². The highest BCUT2D eigenvalue weighted by Crippen LogP contribution is 2.17. The van der Waals surface area contributed by atoms with Gasteiger partial charge < -0.3 is 9.47 Å². The molecule has 1 aromatic carbocycles. The Balaban J connectivity index is 2.16. The quantitative estimate of drug-likeness (QED) is 0.0740. The van der Waals surface area contributed by atoms with Gasteiger partial charge in [0.15, 0.2) is 0 Å². The fourth-order valence-corrected chi connectivity index (χ4v) is 5.38. The molecule has 0 aliphatic rings. The largest absolute Gasteiger partial charge is 0.462 e. The van der Waals surface area contributed by atoms with Crippen LogP contribution in [0, 0.1) is 6.92 Å². The van der Waals surface area contributed by atoms with E-state index in [1.54, 1.807) is 12.1 Å². The summed E-state index contributed by atoms with van der Waals surface area (Å²) in [6.07, 6.45) is 30.5. The summed E-state index contributed by atoms with van der Waals surface area (Å²) in [6.45, 7) is 7.25. The molecule has 4 nitrogen and oxygen atoms in total. The first kappa shape index (κ1) is 37.2. The smallest absolute Gasteiger partial charge is 0.339 e. The molecule has 0 aliphatic carbocycles. The van der Waals surface area contributed by atoms with E-state index >= 15 is 0 Å². The zero-order valence-corrected chi connectivity index (χ0v) is 27.2. The van der Waals surface area contributed by atoms with Gasteiger partial charge in [-0.3, -0.25) is 0 Å². The summed E-state index contributed by atoms with van der Waals surface area (Å²) in [5.74, 6) is -0.848. The van der Waals surface area contributed by atoms with Crippen molar-refractivity contribution in [1.29, 1.82) is 0 Å². The van der Waals surface area contributed by atoms with E-state index in [1.807, 2.05) is 13.0 Å². The topological polar surface area (TPSA) is 52.6 Å². The zero-order valence-electron chi connectivity index (χ0n) is 27.2. The second kappa shape index (κ2) is 27.0. The molecule has 0 radical (unpaired) electrons. The van der Waals surface area contributed by atoms with Crippen LogP contribution in [0.5, 0.6) is 0 Å². The van der Waals surface area contributed by atoms with Crippen LogP contribution in [0.2, 0.25) is 0 Å². The molecule has 0 heterocycles. The molecule has 41 heavy (non-hydrogen) atoms. The predicted octanol–water partition coefficient (Wildman–Crippen LogP) is 11.7.